The molecule has 1 heterocycles. The average Bonchev–Trinajstić information content (AvgIpc) is 2.74. The minimum Gasteiger partial charge on any atom is -0.341 e. The molecule has 2 nitrogen and oxygen atoms in total. The predicted octanol–water partition coefficient (Wildman–Crippen LogP) is 4.83. The van der Waals surface area contributed by atoms with Crippen LogP contribution in [-0.4, -0.2) is 17.9 Å². The second-order valence-corrected chi connectivity index (χ2v) is 6.96. The largest absolute Gasteiger partial charge is 0.341 e. The van der Waals surface area contributed by atoms with Gasteiger partial charge in [0.25, 0.3) is 0 Å². The summed E-state index contributed by atoms with van der Waals surface area (Å²) in [5.74, 6) is 0.258. The molecule has 0 bridgehead atoms. The van der Waals surface area contributed by atoms with Crippen molar-refractivity contribution in [3.05, 3.63) is 20.8 Å². The van der Waals surface area contributed by atoms with Crippen molar-refractivity contribution in [2.24, 2.45) is 0 Å². The quantitative estimate of drug-likeness (QED) is 0.625. The van der Waals surface area contributed by atoms with E-state index in [2.05, 4.69) is 34.3 Å². The molecule has 1 aromatic heterocycles. The first-order chi connectivity index (χ1) is 8.63. The third-order valence-corrected chi connectivity index (χ3v) is 4.51. The highest BCUT2D eigenvalue weighted by Crippen LogP contribution is 2.21. The molecule has 0 saturated carbocycles. The SMILES string of the molecule is CCCCCCCC(=O)N(C)Cc1csc(Br)c1. The number of hydrogen-bond donors (Lipinski definition) is 0. The Labute approximate surface area is 123 Å². The summed E-state index contributed by atoms with van der Waals surface area (Å²) in [5.41, 5.74) is 1.20. The van der Waals surface area contributed by atoms with E-state index in [4.69, 9.17) is 0 Å². The molecule has 0 spiro atoms. The van der Waals surface area contributed by atoms with Crippen molar-refractivity contribution >= 4 is 33.2 Å². The van der Waals surface area contributed by atoms with Crippen LogP contribution in [0.2, 0.25) is 0 Å². The number of nitrogens with zero attached hydrogens (tertiary/aromatic N) is 1. The van der Waals surface area contributed by atoms with Crippen molar-refractivity contribution in [1.29, 1.82) is 0 Å². The van der Waals surface area contributed by atoms with Crippen LogP contribution in [0.3, 0.4) is 0 Å². The van der Waals surface area contributed by atoms with Gasteiger partial charge in [-0.2, -0.15) is 0 Å². The van der Waals surface area contributed by atoms with Crippen LogP contribution >= 0.6 is 27.3 Å². The summed E-state index contributed by atoms with van der Waals surface area (Å²) in [6.45, 7) is 2.92. The highest BCUT2D eigenvalue weighted by atomic mass is 79.9. The summed E-state index contributed by atoms with van der Waals surface area (Å²) in [4.78, 5) is 13.7. The highest BCUT2D eigenvalue weighted by molar-refractivity contribution is 9.11. The maximum atomic E-state index is 11.9. The first kappa shape index (κ1) is 15.7. The third-order valence-electron chi connectivity index (χ3n) is 2.96. The lowest BCUT2D eigenvalue weighted by atomic mass is 10.1. The van der Waals surface area contributed by atoms with E-state index in [1.165, 1.54) is 31.2 Å². The number of unbranched alkanes of at least 4 members (excludes halogenated alkanes) is 4. The molecule has 1 rings (SSSR count). The number of carbonyl (C=O) groups excluding carboxylic acids is 1. The van der Waals surface area contributed by atoms with Crippen molar-refractivity contribution in [2.75, 3.05) is 7.05 Å². The Hall–Kier alpha value is -0.350. The Morgan fingerprint density at radius 1 is 1.33 bits per heavy atom. The lowest BCUT2D eigenvalue weighted by Gasteiger charge is -2.16. The van der Waals surface area contributed by atoms with Gasteiger partial charge in [0.2, 0.25) is 5.91 Å². The maximum absolute atomic E-state index is 11.9. The fourth-order valence-electron chi connectivity index (χ4n) is 1.86. The molecule has 0 aliphatic heterocycles. The minimum atomic E-state index is 0.258. The van der Waals surface area contributed by atoms with Crippen LogP contribution in [0.25, 0.3) is 0 Å². The molecule has 0 fully saturated rings. The Kier molecular flexibility index (Phi) is 7.59. The van der Waals surface area contributed by atoms with Crippen LogP contribution < -0.4 is 0 Å². The van der Waals surface area contributed by atoms with Crippen LogP contribution in [0, 0.1) is 0 Å². The standard InChI is InChI=1S/C14H22BrNOS/c1-3-4-5-6-7-8-14(17)16(2)10-12-9-13(15)18-11-12/h9,11H,3-8,10H2,1-2H3. The van der Waals surface area contributed by atoms with Crippen molar-refractivity contribution in [1.82, 2.24) is 4.90 Å². The summed E-state index contributed by atoms with van der Waals surface area (Å²) in [7, 11) is 1.89. The van der Waals surface area contributed by atoms with Gasteiger partial charge in [0, 0.05) is 20.0 Å². The van der Waals surface area contributed by atoms with E-state index in [-0.39, 0.29) is 5.91 Å². The lowest BCUT2D eigenvalue weighted by Crippen LogP contribution is -2.25. The second kappa shape index (κ2) is 8.70. The van der Waals surface area contributed by atoms with Crippen molar-refractivity contribution < 1.29 is 4.79 Å². The predicted molar refractivity (Wildman–Crippen MR) is 81.9 cm³/mol. The fourth-order valence-corrected chi connectivity index (χ4v) is 3.06. The van der Waals surface area contributed by atoms with E-state index in [0.717, 1.165) is 16.8 Å². The number of amides is 1. The van der Waals surface area contributed by atoms with Crippen molar-refractivity contribution in [3.8, 4) is 0 Å². The molecule has 0 unspecified atom stereocenters. The Bertz CT molecular complexity index is 364. The molecular formula is C14H22BrNOS. The van der Waals surface area contributed by atoms with Gasteiger partial charge in [-0.3, -0.25) is 4.79 Å². The second-order valence-electron chi connectivity index (χ2n) is 4.67. The molecule has 0 atom stereocenters. The van der Waals surface area contributed by atoms with E-state index in [1.54, 1.807) is 11.3 Å². The first-order valence-electron chi connectivity index (χ1n) is 6.60. The van der Waals surface area contributed by atoms with Crippen LogP contribution in [0.1, 0.15) is 51.0 Å². The fraction of sp³-hybridized carbons (Fsp3) is 0.643. The van der Waals surface area contributed by atoms with Crippen LogP contribution in [0.15, 0.2) is 15.2 Å². The minimum absolute atomic E-state index is 0.258. The number of halogens is 1. The monoisotopic (exact) mass is 331 g/mol. The Balaban J connectivity index is 2.20. The molecule has 102 valence electrons. The molecule has 1 amide bonds. The summed E-state index contributed by atoms with van der Waals surface area (Å²) in [6.07, 6.45) is 6.68. The smallest absolute Gasteiger partial charge is 0.222 e. The normalized spacial score (nSPS) is 10.6. The summed E-state index contributed by atoms with van der Waals surface area (Å²) in [5, 5.41) is 2.09. The molecule has 18 heavy (non-hydrogen) atoms. The third kappa shape index (κ3) is 6.01. The Morgan fingerprint density at radius 2 is 2.06 bits per heavy atom. The summed E-state index contributed by atoms with van der Waals surface area (Å²) in [6, 6.07) is 2.08. The molecule has 0 N–H and O–H groups in total. The zero-order chi connectivity index (χ0) is 13.4. The molecule has 1 aromatic rings. The zero-order valence-corrected chi connectivity index (χ0v) is 13.6. The topological polar surface area (TPSA) is 20.3 Å². The van der Waals surface area contributed by atoms with Crippen molar-refractivity contribution in [2.45, 2.75) is 52.0 Å². The van der Waals surface area contributed by atoms with Crippen molar-refractivity contribution in [3.63, 3.8) is 0 Å². The van der Waals surface area contributed by atoms with Gasteiger partial charge in [0.1, 0.15) is 0 Å². The van der Waals surface area contributed by atoms with Gasteiger partial charge in [-0.15, -0.1) is 11.3 Å². The maximum Gasteiger partial charge on any atom is 0.222 e. The molecule has 4 heteroatoms. The van der Waals surface area contributed by atoms with Gasteiger partial charge >= 0.3 is 0 Å². The van der Waals surface area contributed by atoms with Gasteiger partial charge in [-0.05, 0) is 39.4 Å². The van der Waals surface area contributed by atoms with Gasteiger partial charge < -0.3 is 4.90 Å². The summed E-state index contributed by atoms with van der Waals surface area (Å²) >= 11 is 5.10. The number of thiophene rings is 1. The molecule has 0 saturated heterocycles. The van der Waals surface area contributed by atoms with Gasteiger partial charge in [0.05, 0.1) is 3.79 Å². The van der Waals surface area contributed by atoms with E-state index in [1.807, 2.05) is 11.9 Å². The van der Waals surface area contributed by atoms with Crippen LogP contribution in [0.5, 0.6) is 0 Å². The van der Waals surface area contributed by atoms with E-state index in [9.17, 15) is 4.79 Å². The highest BCUT2D eigenvalue weighted by Gasteiger charge is 2.09. The lowest BCUT2D eigenvalue weighted by molar-refractivity contribution is -0.130. The van der Waals surface area contributed by atoms with Gasteiger partial charge in [-0.1, -0.05) is 32.6 Å². The first-order valence-corrected chi connectivity index (χ1v) is 8.27. The van der Waals surface area contributed by atoms with E-state index >= 15 is 0 Å². The molecule has 0 radical (unpaired) electrons. The average molecular weight is 332 g/mol. The van der Waals surface area contributed by atoms with Crippen LogP contribution in [0.4, 0.5) is 0 Å². The van der Waals surface area contributed by atoms with Gasteiger partial charge in [0.15, 0.2) is 0 Å². The Morgan fingerprint density at radius 3 is 2.67 bits per heavy atom. The molecular weight excluding hydrogens is 310 g/mol. The summed E-state index contributed by atoms with van der Waals surface area (Å²) < 4.78 is 1.12. The van der Waals surface area contributed by atoms with E-state index in [0.29, 0.717) is 6.42 Å². The van der Waals surface area contributed by atoms with Gasteiger partial charge in [-0.25, -0.2) is 0 Å². The zero-order valence-electron chi connectivity index (χ0n) is 11.2. The van der Waals surface area contributed by atoms with E-state index < -0.39 is 0 Å². The molecule has 0 aromatic carbocycles. The number of rotatable bonds is 8. The molecule has 0 aliphatic rings. The molecule has 0 aliphatic carbocycles. The van der Waals surface area contributed by atoms with Crippen LogP contribution in [-0.2, 0) is 11.3 Å². The number of hydrogen-bond acceptors (Lipinski definition) is 2. The number of carbonyl (C=O) groups is 1.